The normalized spacial score (nSPS) is 14.7. The number of sulfonamides is 1. The largest absolute Gasteiger partial charge is 0.468 e. The minimum Gasteiger partial charge on any atom is -0.468 e. The van der Waals surface area contributed by atoms with Crippen molar-refractivity contribution in [2.75, 3.05) is 12.8 Å². The number of esters is 1. The zero-order chi connectivity index (χ0) is 14.6. The van der Waals surface area contributed by atoms with E-state index in [-0.39, 0.29) is 0 Å². The molecule has 0 bridgehead atoms. The minimum atomic E-state index is -3.80. The van der Waals surface area contributed by atoms with Crippen LogP contribution in [0.25, 0.3) is 0 Å². The Kier molecular flexibility index (Phi) is 4.90. The Morgan fingerprint density at radius 2 is 2.00 bits per heavy atom. The number of nitrogen functional groups attached to an aromatic ring is 1. The number of methoxy groups -OCH3 is 1. The van der Waals surface area contributed by atoms with Crippen LogP contribution in [0.2, 0.25) is 0 Å². The van der Waals surface area contributed by atoms with E-state index in [1.807, 2.05) is 0 Å². The number of nitrogens with two attached hydrogens (primary N) is 1. The molecule has 1 aromatic carbocycles. The Morgan fingerprint density at radius 1 is 1.37 bits per heavy atom. The fourth-order valence-electron chi connectivity index (χ4n) is 1.54. The van der Waals surface area contributed by atoms with Gasteiger partial charge in [-0.3, -0.25) is 4.79 Å². The Labute approximate surface area is 113 Å². The first kappa shape index (κ1) is 15.5. The number of ether oxygens (including phenoxy) is 1. The standard InChI is InChI=1S/C12H18N2O4S/c1-8(10-5-4-6-11(13)7-10)14-19(16,17)9(2)12(15)18-3/h4-9,14H,13H2,1-3H3. The zero-order valence-corrected chi connectivity index (χ0v) is 11.9. The van der Waals surface area contributed by atoms with Crippen LogP contribution in [-0.4, -0.2) is 26.7 Å². The van der Waals surface area contributed by atoms with E-state index in [1.165, 1.54) is 6.92 Å². The van der Waals surface area contributed by atoms with E-state index in [2.05, 4.69) is 9.46 Å². The van der Waals surface area contributed by atoms with Crippen LogP contribution in [0.15, 0.2) is 24.3 Å². The van der Waals surface area contributed by atoms with E-state index in [0.29, 0.717) is 5.69 Å². The average Bonchev–Trinajstić information content (AvgIpc) is 2.36. The summed E-state index contributed by atoms with van der Waals surface area (Å²) < 4.78 is 30.8. The molecule has 3 N–H and O–H groups in total. The van der Waals surface area contributed by atoms with Crippen LogP contribution in [0.1, 0.15) is 25.5 Å². The summed E-state index contributed by atoms with van der Waals surface area (Å²) in [5.74, 6) is -0.799. The molecule has 2 atom stereocenters. The van der Waals surface area contributed by atoms with Crippen LogP contribution >= 0.6 is 0 Å². The molecule has 0 aliphatic rings. The van der Waals surface area contributed by atoms with E-state index in [9.17, 15) is 13.2 Å². The first-order valence-electron chi connectivity index (χ1n) is 5.72. The maximum atomic E-state index is 12.0. The van der Waals surface area contributed by atoms with Gasteiger partial charge in [-0.15, -0.1) is 0 Å². The van der Waals surface area contributed by atoms with Gasteiger partial charge in [-0.05, 0) is 31.5 Å². The van der Waals surface area contributed by atoms with Crippen molar-refractivity contribution in [3.63, 3.8) is 0 Å². The number of hydrogen-bond acceptors (Lipinski definition) is 5. The molecular weight excluding hydrogens is 268 g/mol. The van der Waals surface area contributed by atoms with Gasteiger partial charge in [-0.25, -0.2) is 13.1 Å². The lowest BCUT2D eigenvalue weighted by atomic mass is 10.1. The predicted molar refractivity (Wildman–Crippen MR) is 72.8 cm³/mol. The van der Waals surface area contributed by atoms with Gasteiger partial charge >= 0.3 is 5.97 Å². The molecule has 1 rings (SSSR count). The van der Waals surface area contributed by atoms with E-state index in [0.717, 1.165) is 12.7 Å². The lowest BCUT2D eigenvalue weighted by Gasteiger charge is -2.17. The molecule has 7 heteroatoms. The molecule has 0 heterocycles. The van der Waals surface area contributed by atoms with Gasteiger partial charge in [0.05, 0.1) is 7.11 Å². The first-order valence-corrected chi connectivity index (χ1v) is 7.27. The molecule has 0 aromatic heterocycles. The Hall–Kier alpha value is -1.60. The van der Waals surface area contributed by atoms with Crippen LogP contribution in [0, 0.1) is 0 Å². The highest BCUT2D eigenvalue weighted by Crippen LogP contribution is 2.17. The molecule has 0 spiro atoms. The molecule has 6 nitrogen and oxygen atoms in total. The summed E-state index contributed by atoms with van der Waals surface area (Å²) in [6.07, 6.45) is 0. The average molecular weight is 286 g/mol. The molecule has 0 amide bonds. The van der Waals surface area contributed by atoms with Crippen molar-refractivity contribution in [3.8, 4) is 0 Å². The zero-order valence-electron chi connectivity index (χ0n) is 11.1. The maximum absolute atomic E-state index is 12.0. The van der Waals surface area contributed by atoms with Crippen molar-refractivity contribution < 1.29 is 17.9 Å². The molecular formula is C12H18N2O4S. The molecule has 106 valence electrons. The Balaban J connectivity index is 2.87. The third-order valence-corrected chi connectivity index (χ3v) is 4.56. The molecule has 0 radical (unpaired) electrons. The third-order valence-electron chi connectivity index (χ3n) is 2.75. The predicted octanol–water partition coefficient (Wildman–Crippen LogP) is 0.811. The van der Waals surface area contributed by atoms with Crippen LogP contribution in [0.5, 0.6) is 0 Å². The van der Waals surface area contributed by atoms with Gasteiger partial charge in [-0.1, -0.05) is 12.1 Å². The fraction of sp³-hybridized carbons (Fsp3) is 0.417. The summed E-state index contributed by atoms with van der Waals surface area (Å²) in [6.45, 7) is 2.95. The smallest absolute Gasteiger partial charge is 0.325 e. The molecule has 1 aromatic rings. The highest BCUT2D eigenvalue weighted by atomic mass is 32.2. The highest BCUT2D eigenvalue weighted by Gasteiger charge is 2.30. The first-order chi connectivity index (χ1) is 8.77. The molecule has 0 saturated carbocycles. The summed E-state index contributed by atoms with van der Waals surface area (Å²) >= 11 is 0. The summed E-state index contributed by atoms with van der Waals surface area (Å²) in [4.78, 5) is 11.3. The molecule has 0 aliphatic heterocycles. The van der Waals surface area contributed by atoms with Crippen molar-refractivity contribution in [1.29, 1.82) is 0 Å². The number of carbonyl (C=O) groups excluding carboxylic acids is 1. The van der Waals surface area contributed by atoms with Crippen molar-refractivity contribution in [2.24, 2.45) is 0 Å². The second-order valence-electron chi connectivity index (χ2n) is 4.22. The molecule has 2 unspecified atom stereocenters. The monoisotopic (exact) mass is 286 g/mol. The molecule has 0 aliphatic carbocycles. The van der Waals surface area contributed by atoms with Crippen molar-refractivity contribution in [3.05, 3.63) is 29.8 Å². The third kappa shape index (κ3) is 3.93. The summed E-state index contributed by atoms with van der Waals surface area (Å²) in [7, 11) is -2.65. The van der Waals surface area contributed by atoms with Gasteiger partial charge in [0, 0.05) is 11.7 Å². The fourth-order valence-corrected chi connectivity index (χ4v) is 2.72. The number of anilines is 1. The van der Waals surface area contributed by atoms with E-state index < -0.39 is 27.3 Å². The number of benzene rings is 1. The van der Waals surface area contributed by atoms with Crippen LogP contribution in [0.4, 0.5) is 5.69 Å². The quantitative estimate of drug-likeness (QED) is 0.616. The summed E-state index contributed by atoms with van der Waals surface area (Å²) in [5, 5.41) is -1.26. The molecule has 0 fully saturated rings. The Morgan fingerprint density at radius 3 is 2.53 bits per heavy atom. The van der Waals surface area contributed by atoms with Gasteiger partial charge in [0.25, 0.3) is 0 Å². The van der Waals surface area contributed by atoms with Gasteiger partial charge in [0.2, 0.25) is 10.0 Å². The van der Waals surface area contributed by atoms with Crippen LogP contribution < -0.4 is 10.5 Å². The maximum Gasteiger partial charge on any atom is 0.325 e. The van der Waals surface area contributed by atoms with E-state index >= 15 is 0 Å². The van der Waals surface area contributed by atoms with Gasteiger partial charge < -0.3 is 10.5 Å². The highest BCUT2D eigenvalue weighted by molar-refractivity contribution is 7.90. The topological polar surface area (TPSA) is 98.5 Å². The summed E-state index contributed by atoms with van der Waals surface area (Å²) in [5.41, 5.74) is 6.91. The van der Waals surface area contributed by atoms with Crippen LogP contribution in [-0.2, 0) is 19.6 Å². The SMILES string of the molecule is COC(=O)C(C)S(=O)(=O)NC(C)c1cccc(N)c1. The van der Waals surface area contributed by atoms with Gasteiger partial charge in [0.1, 0.15) is 0 Å². The Bertz CT molecular complexity index is 557. The number of carbonyl (C=O) groups is 1. The van der Waals surface area contributed by atoms with Crippen LogP contribution in [0.3, 0.4) is 0 Å². The van der Waals surface area contributed by atoms with E-state index in [1.54, 1.807) is 31.2 Å². The molecule has 0 saturated heterocycles. The number of rotatable bonds is 5. The lowest BCUT2D eigenvalue weighted by molar-refractivity contribution is -0.139. The van der Waals surface area contributed by atoms with Crippen molar-refractivity contribution >= 4 is 21.7 Å². The second-order valence-corrected chi connectivity index (χ2v) is 6.25. The van der Waals surface area contributed by atoms with Crippen molar-refractivity contribution in [2.45, 2.75) is 25.1 Å². The minimum absolute atomic E-state index is 0.486. The van der Waals surface area contributed by atoms with Gasteiger partial charge in [0.15, 0.2) is 5.25 Å². The van der Waals surface area contributed by atoms with Crippen molar-refractivity contribution in [1.82, 2.24) is 4.72 Å². The number of hydrogen-bond donors (Lipinski definition) is 2. The summed E-state index contributed by atoms with van der Waals surface area (Å²) in [6, 6.07) is 6.39. The molecule has 19 heavy (non-hydrogen) atoms. The van der Waals surface area contributed by atoms with E-state index in [4.69, 9.17) is 5.73 Å². The number of nitrogens with one attached hydrogen (secondary N) is 1. The second kappa shape index (κ2) is 6.03. The van der Waals surface area contributed by atoms with Gasteiger partial charge in [-0.2, -0.15) is 0 Å². The lowest BCUT2D eigenvalue weighted by Crippen LogP contribution is -2.39.